The summed E-state index contributed by atoms with van der Waals surface area (Å²) >= 11 is 0. The van der Waals surface area contributed by atoms with Crippen LogP contribution in [0.3, 0.4) is 0 Å². The van der Waals surface area contributed by atoms with E-state index >= 15 is 0 Å². The molecule has 1 aliphatic heterocycles. The molecular formula is C34H31N5O8. The van der Waals surface area contributed by atoms with Crippen molar-refractivity contribution in [3.63, 3.8) is 0 Å². The van der Waals surface area contributed by atoms with Crippen LogP contribution in [0, 0.1) is 0 Å². The van der Waals surface area contributed by atoms with Gasteiger partial charge in [-0.15, -0.1) is 0 Å². The third-order valence-electron chi connectivity index (χ3n) is 9.33. The number of carbonyl (C=O) groups excluding carboxylic acids is 2. The van der Waals surface area contributed by atoms with E-state index in [1.807, 2.05) is 6.08 Å². The number of Topliss-reactive ketones (excluding diaryl/α,β-unsaturated/α-hetero) is 1. The highest BCUT2D eigenvalue weighted by atomic mass is 16.5. The van der Waals surface area contributed by atoms with Gasteiger partial charge < -0.3 is 19.1 Å². The van der Waals surface area contributed by atoms with Crippen LogP contribution in [0.1, 0.15) is 36.6 Å². The van der Waals surface area contributed by atoms with E-state index in [9.17, 15) is 29.1 Å². The first kappa shape index (κ1) is 30.0. The summed E-state index contributed by atoms with van der Waals surface area (Å²) < 4.78 is 15.9. The van der Waals surface area contributed by atoms with Crippen molar-refractivity contribution >= 4 is 22.6 Å². The van der Waals surface area contributed by atoms with Crippen LogP contribution in [0.15, 0.2) is 85.2 Å². The molecule has 47 heavy (non-hydrogen) atoms. The Labute approximate surface area is 266 Å². The van der Waals surface area contributed by atoms with Gasteiger partial charge in [0.05, 0.1) is 37.8 Å². The van der Waals surface area contributed by atoms with Crippen LogP contribution in [0.2, 0.25) is 0 Å². The summed E-state index contributed by atoms with van der Waals surface area (Å²) in [5, 5.41) is 10.3. The average Bonchev–Trinajstić information content (AvgIpc) is 3.31. The number of ether oxygens (including phenoxy) is 2. The summed E-state index contributed by atoms with van der Waals surface area (Å²) in [6, 6.07) is 9.06. The van der Waals surface area contributed by atoms with Crippen LogP contribution in [0.4, 0.5) is 0 Å². The lowest BCUT2D eigenvalue weighted by molar-refractivity contribution is -0.116. The Hall–Kier alpha value is -5.72. The largest absolute Gasteiger partial charge is 0.508 e. The molecule has 240 valence electrons. The molecule has 0 unspecified atom stereocenters. The van der Waals surface area contributed by atoms with Gasteiger partial charge in [-0.2, -0.15) is 0 Å². The van der Waals surface area contributed by atoms with Gasteiger partial charge in [0, 0.05) is 61.2 Å². The maximum atomic E-state index is 14.0. The molecule has 0 bridgehead atoms. The molecule has 2 aromatic heterocycles. The van der Waals surface area contributed by atoms with Crippen LogP contribution in [0.25, 0.3) is 11.0 Å². The summed E-state index contributed by atoms with van der Waals surface area (Å²) in [6.07, 6.45) is 3.20. The molecule has 0 saturated heterocycles. The highest BCUT2D eigenvalue weighted by Crippen LogP contribution is 2.49. The smallest absolute Gasteiger partial charge is 0.347 e. The predicted octanol–water partition coefficient (Wildman–Crippen LogP) is 2.09. The number of phenolic OH excluding ortho intramolecular Hbond substituents is 1. The Kier molecular flexibility index (Phi) is 6.99. The number of rotatable bonds is 6. The van der Waals surface area contributed by atoms with Crippen molar-refractivity contribution in [2.24, 2.45) is 7.05 Å². The molecule has 2 aliphatic carbocycles. The fourth-order valence-corrected chi connectivity index (χ4v) is 7.07. The number of ketones is 2. The number of phenols is 1. The molecule has 7 rings (SSSR count). The number of hydrogen-bond donors (Lipinski definition) is 1. The number of hydrogen-bond acceptors (Lipinski definition) is 9. The number of aromatic nitrogens is 5. The van der Waals surface area contributed by atoms with Crippen LogP contribution in [-0.4, -0.2) is 54.4 Å². The Morgan fingerprint density at radius 3 is 2.47 bits per heavy atom. The Morgan fingerprint density at radius 1 is 1.00 bits per heavy atom. The van der Waals surface area contributed by atoms with Gasteiger partial charge in [0.1, 0.15) is 11.4 Å². The highest BCUT2D eigenvalue weighted by molar-refractivity contribution is 6.23. The molecular weight excluding hydrogens is 606 g/mol. The number of fused-ring (bicyclic) bond motifs is 4. The van der Waals surface area contributed by atoms with Gasteiger partial charge in [-0.25, -0.2) is 28.5 Å². The zero-order chi connectivity index (χ0) is 33.3. The number of benzene rings is 2. The quantitative estimate of drug-likeness (QED) is 0.247. The molecule has 0 fully saturated rings. The van der Waals surface area contributed by atoms with Gasteiger partial charge >= 0.3 is 11.4 Å². The molecule has 0 spiro atoms. The minimum absolute atomic E-state index is 0.000728. The molecule has 0 saturated carbocycles. The molecule has 0 radical (unpaired) electrons. The van der Waals surface area contributed by atoms with Crippen LogP contribution in [-0.2, 0) is 36.1 Å². The number of nitrogens with zero attached hydrogens (tertiary/aromatic N) is 5. The van der Waals surface area contributed by atoms with Crippen molar-refractivity contribution in [2.45, 2.75) is 44.8 Å². The maximum Gasteiger partial charge on any atom is 0.347 e. The normalized spacial score (nSPS) is 18.8. The van der Waals surface area contributed by atoms with E-state index in [0.717, 1.165) is 4.57 Å². The minimum atomic E-state index is -0.729. The van der Waals surface area contributed by atoms with Crippen molar-refractivity contribution < 1.29 is 24.2 Å². The van der Waals surface area contributed by atoms with Crippen LogP contribution < -0.4 is 26.4 Å². The summed E-state index contributed by atoms with van der Waals surface area (Å²) in [5.74, 6) is -0.402. The maximum absolute atomic E-state index is 14.0. The first-order chi connectivity index (χ1) is 22.5. The van der Waals surface area contributed by atoms with Crippen LogP contribution >= 0.6 is 0 Å². The molecule has 2 aromatic carbocycles. The monoisotopic (exact) mass is 637 g/mol. The molecule has 1 N–H and O–H groups in total. The van der Waals surface area contributed by atoms with Gasteiger partial charge in [-0.3, -0.25) is 14.4 Å². The Morgan fingerprint density at radius 2 is 1.74 bits per heavy atom. The summed E-state index contributed by atoms with van der Waals surface area (Å²) in [6.45, 7) is 1.52. The highest BCUT2D eigenvalue weighted by Gasteiger charge is 2.44. The average molecular weight is 638 g/mol. The van der Waals surface area contributed by atoms with E-state index in [2.05, 4.69) is 4.98 Å². The molecule has 2 atom stereocenters. The summed E-state index contributed by atoms with van der Waals surface area (Å²) in [4.78, 5) is 72.3. The number of allylic oxidation sites excluding steroid dienone is 6. The van der Waals surface area contributed by atoms with Crippen molar-refractivity contribution in [3.8, 4) is 17.2 Å². The van der Waals surface area contributed by atoms with Gasteiger partial charge in [-0.1, -0.05) is 18.2 Å². The molecule has 0 amide bonds. The number of carbonyl (C=O) groups is 2. The zero-order valence-corrected chi connectivity index (χ0v) is 26.1. The first-order valence-corrected chi connectivity index (χ1v) is 15.1. The predicted molar refractivity (Wildman–Crippen MR) is 170 cm³/mol. The van der Waals surface area contributed by atoms with Gasteiger partial charge in [0.25, 0.3) is 5.56 Å². The standard InChI is InChI=1S/C34H31N5O8/c1-17-12-26(41)30-21(31(17)42)14-24-20(29(30)18-6-5-7-19(40)13-18)8-11-38-33(44)37(34(45)39(24)38)10-9-22-32(43)36(2)25-16-28(47-4)27(46-3)15-23(25)35-22/h5-8,12-13,15-16,24,29,40H,9-11,14H2,1-4H3/t24-,29+/m1/s1. The van der Waals surface area contributed by atoms with E-state index in [1.165, 1.54) is 40.3 Å². The minimum Gasteiger partial charge on any atom is -0.508 e. The molecule has 3 heterocycles. The second-order valence-electron chi connectivity index (χ2n) is 11.9. The van der Waals surface area contributed by atoms with E-state index in [4.69, 9.17) is 9.47 Å². The van der Waals surface area contributed by atoms with Crippen LogP contribution in [0.5, 0.6) is 17.2 Å². The van der Waals surface area contributed by atoms with Crippen molar-refractivity contribution in [1.29, 1.82) is 0 Å². The third-order valence-corrected chi connectivity index (χ3v) is 9.33. The second kappa shape index (κ2) is 11.0. The Bertz CT molecular complexity index is 2330. The summed E-state index contributed by atoms with van der Waals surface area (Å²) in [7, 11) is 4.60. The lowest BCUT2D eigenvalue weighted by atomic mass is 9.68. The topological polar surface area (TPSA) is 157 Å². The van der Waals surface area contributed by atoms with Crippen molar-refractivity contribution in [2.75, 3.05) is 14.2 Å². The van der Waals surface area contributed by atoms with E-state index in [-0.39, 0.29) is 54.5 Å². The zero-order valence-electron chi connectivity index (χ0n) is 26.1. The van der Waals surface area contributed by atoms with Gasteiger partial charge in [0.15, 0.2) is 23.1 Å². The lowest BCUT2D eigenvalue weighted by Crippen LogP contribution is -2.40. The molecule has 4 aromatic rings. The fourth-order valence-electron chi connectivity index (χ4n) is 7.07. The van der Waals surface area contributed by atoms with Gasteiger partial charge in [-0.05, 0) is 36.3 Å². The van der Waals surface area contributed by atoms with Crippen molar-refractivity contribution in [3.05, 3.63) is 113 Å². The molecule has 13 nitrogen and oxygen atoms in total. The third kappa shape index (κ3) is 4.52. The SMILES string of the molecule is COc1cc2nc(CCn3c(=O)n4n(c3=O)[C@@H]3CC5=C(C(=O)C=C(C)C5=O)[C@@H](c5cccc(O)c5)C3=CC4)c(=O)n(C)c2cc1OC. The first-order valence-electron chi connectivity index (χ1n) is 15.1. The van der Waals surface area contributed by atoms with E-state index in [1.54, 1.807) is 44.3 Å². The molecule has 3 aliphatic rings. The van der Waals surface area contributed by atoms with E-state index in [0.29, 0.717) is 50.4 Å². The Balaban J connectivity index is 1.29. The number of methoxy groups -OCH3 is 2. The van der Waals surface area contributed by atoms with E-state index < -0.39 is 23.3 Å². The number of aromatic hydroxyl groups is 1. The lowest BCUT2D eigenvalue weighted by Gasteiger charge is -2.39. The number of aryl methyl sites for hydroxylation is 2. The molecule has 13 heteroatoms. The van der Waals surface area contributed by atoms with Gasteiger partial charge in [0.2, 0.25) is 0 Å². The fraction of sp³-hybridized carbons (Fsp3) is 0.294. The van der Waals surface area contributed by atoms with Crippen molar-refractivity contribution in [1.82, 2.24) is 23.5 Å². The summed E-state index contributed by atoms with van der Waals surface area (Å²) in [5.41, 5.74) is 1.83. The second-order valence-corrected chi connectivity index (χ2v) is 11.9.